The third kappa shape index (κ3) is 4.27. The third-order valence-electron chi connectivity index (χ3n) is 3.02. The normalized spacial score (nSPS) is 11.9. The van der Waals surface area contributed by atoms with E-state index in [0.29, 0.717) is 6.54 Å². The fraction of sp³-hybridized carbons (Fsp3) is 0.571. The maximum atomic E-state index is 13.3. The third-order valence-corrected chi connectivity index (χ3v) is 3.02. The summed E-state index contributed by atoms with van der Waals surface area (Å²) in [5, 5.41) is 3.25. The molecule has 0 unspecified atom stereocenters. The molecule has 0 aliphatic rings. The van der Waals surface area contributed by atoms with E-state index < -0.39 is 0 Å². The molecule has 0 aliphatic carbocycles. The van der Waals surface area contributed by atoms with Gasteiger partial charge in [-0.2, -0.15) is 0 Å². The summed E-state index contributed by atoms with van der Waals surface area (Å²) < 4.78 is 18.5. The van der Waals surface area contributed by atoms with Gasteiger partial charge < -0.3 is 15.0 Å². The summed E-state index contributed by atoms with van der Waals surface area (Å²) in [6.45, 7) is 5.79. The number of hydrogen-bond acceptors (Lipinski definition) is 3. The lowest BCUT2D eigenvalue weighted by atomic mass is 10.1. The SMILES string of the molecule is CNC(C)(C)CN(C)Cc1cc(F)ccc1OC. The van der Waals surface area contributed by atoms with Gasteiger partial charge in [0.2, 0.25) is 0 Å². The highest BCUT2D eigenvalue weighted by Gasteiger charge is 2.18. The number of halogens is 1. The van der Waals surface area contributed by atoms with Crippen LogP contribution in [0.2, 0.25) is 0 Å². The first-order valence-electron chi connectivity index (χ1n) is 6.08. The van der Waals surface area contributed by atoms with Crippen LogP contribution in [0.5, 0.6) is 5.75 Å². The van der Waals surface area contributed by atoms with Crippen molar-refractivity contribution in [3.8, 4) is 5.75 Å². The Bertz CT molecular complexity index is 393. The van der Waals surface area contributed by atoms with Crippen LogP contribution >= 0.6 is 0 Å². The van der Waals surface area contributed by atoms with Crippen LogP contribution in [-0.2, 0) is 6.54 Å². The Kier molecular flexibility index (Phi) is 5.11. The number of likely N-dealkylation sites (N-methyl/N-ethyl adjacent to an activating group) is 2. The first-order chi connectivity index (χ1) is 8.38. The average Bonchev–Trinajstić information content (AvgIpc) is 2.28. The second kappa shape index (κ2) is 6.16. The molecule has 4 heteroatoms. The van der Waals surface area contributed by atoms with Crippen LogP contribution in [0.25, 0.3) is 0 Å². The van der Waals surface area contributed by atoms with Crippen LogP contribution in [0.4, 0.5) is 4.39 Å². The summed E-state index contributed by atoms with van der Waals surface area (Å²) in [5.41, 5.74) is 0.891. The zero-order chi connectivity index (χ0) is 13.8. The van der Waals surface area contributed by atoms with E-state index in [0.717, 1.165) is 17.9 Å². The van der Waals surface area contributed by atoms with E-state index in [4.69, 9.17) is 4.74 Å². The van der Waals surface area contributed by atoms with E-state index in [2.05, 4.69) is 24.1 Å². The zero-order valence-corrected chi connectivity index (χ0v) is 11.9. The molecule has 102 valence electrons. The van der Waals surface area contributed by atoms with Gasteiger partial charge in [-0.05, 0) is 46.1 Å². The molecule has 0 aliphatic heterocycles. The van der Waals surface area contributed by atoms with Gasteiger partial charge in [-0.15, -0.1) is 0 Å². The van der Waals surface area contributed by atoms with Gasteiger partial charge in [-0.1, -0.05) is 0 Å². The molecule has 0 atom stereocenters. The van der Waals surface area contributed by atoms with Gasteiger partial charge in [-0.3, -0.25) is 0 Å². The Morgan fingerprint density at radius 1 is 1.39 bits per heavy atom. The van der Waals surface area contributed by atoms with Crippen molar-refractivity contribution in [2.75, 3.05) is 27.7 Å². The molecule has 0 saturated carbocycles. The van der Waals surface area contributed by atoms with Crippen molar-refractivity contribution >= 4 is 0 Å². The molecule has 0 bridgehead atoms. The Hall–Kier alpha value is -1.13. The van der Waals surface area contributed by atoms with Gasteiger partial charge in [0.1, 0.15) is 11.6 Å². The first-order valence-corrected chi connectivity index (χ1v) is 6.08. The predicted octanol–water partition coefficient (Wildman–Crippen LogP) is 2.26. The summed E-state index contributed by atoms with van der Waals surface area (Å²) in [4.78, 5) is 2.15. The summed E-state index contributed by atoms with van der Waals surface area (Å²) in [6.07, 6.45) is 0. The number of nitrogens with one attached hydrogen (secondary N) is 1. The van der Waals surface area contributed by atoms with Crippen molar-refractivity contribution in [1.29, 1.82) is 0 Å². The number of ether oxygens (including phenoxy) is 1. The second-order valence-electron chi connectivity index (χ2n) is 5.26. The minimum atomic E-state index is -0.230. The topological polar surface area (TPSA) is 24.5 Å². The molecular weight excluding hydrogens is 231 g/mol. The number of nitrogens with zero attached hydrogens (tertiary/aromatic N) is 1. The van der Waals surface area contributed by atoms with Gasteiger partial charge >= 0.3 is 0 Å². The van der Waals surface area contributed by atoms with Crippen molar-refractivity contribution in [3.63, 3.8) is 0 Å². The average molecular weight is 254 g/mol. The number of methoxy groups -OCH3 is 1. The highest BCUT2D eigenvalue weighted by atomic mass is 19.1. The van der Waals surface area contributed by atoms with Crippen LogP contribution in [0, 0.1) is 5.82 Å². The molecule has 0 spiro atoms. The zero-order valence-electron chi connectivity index (χ0n) is 11.9. The monoisotopic (exact) mass is 254 g/mol. The van der Waals surface area contributed by atoms with Crippen LogP contribution < -0.4 is 10.1 Å². The summed E-state index contributed by atoms with van der Waals surface area (Å²) >= 11 is 0. The lowest BCUT2D eigenvalue weighted by molar-refractivity contribution is 0.235. The molecule has 0 amide bonds. The molecule has 1 aromatic rings. The Morgan fingerprint density at radius 2 is 2.06 bits per heavy atom. The molecule has 18 heavy (non-hydrogen) atoms. The van der Waals surface area contributed by atoms with E-state index in [1.54, 1.807) is 13.2 Å². The summed E-state index contributed by atoms with van der Waals surface area (Å²) in [6, 6.07) is 4.61. The molecule has 1 aromatic carbocycles. The number of rotatable bonds is 6. The highest BCUT2D eigenvalue weighted by molar-refractivity contribution is 5.33. The van der Waals surface area contributed by atoms with Gasteiger partial charge in [0, 0.05) is 24.2 Å². The largest absolute Gasteiger partial charge is 0.496 e. The molecule has 0 saturated heterocycles. The van der Waals surface area contributed by atoms with Crippen molar-refractivity contribution < 1.29 is 9.13 Å². The lowest BCUT2D eigenvalue weighted by Gasteiger charge is -2.30. The van der Waals surface area contributed by atoms with Crippen LogP contribution in [0.15, 0.2) is 18.2 Å². The quantitative estimate of drug-likeness (QED) is 0.843. The van der Waals surface area contributed by atoms with Crippen LogP contribution in [-0.4, -0.2) is 38.2 Å². The van der Waals surface area contributed by atoms with Gasteiger partial charge in [-0.25, -0.2) is 4.39 Å². The van der Waals surface area contributed by atoms with Crippen molar-refractivity contribution in [2.45, 2.75) is 25.9 Å². The molecular formula is C14H23FN2O. The lowest BCUT2D eigenvalue weighted by Crippen LogP contribution is -2.46. The maximum Gasteiger partial charge on any atom is 0.123 e. The Labute approximate surface area is 109 Å². The second-order valence-corrected chi connectivity index (χ2v) is 5.26. The summed E-state index contributed by atoms with van der Waals surface area (Å²) in [7, 11) is 5.56. The van der Waals surface area contributed by atoms with E-state index in [9.17, 15) is 4.39 Å². The smallest absolute Gasteiger partial charge is 0.123 e. The fourth-order valence-electron chi connectivity index (χ4n) is 1.97. The van der Waals surface area contributed by atoms with Crippen molar-refractivity contribution in [1.82, 2.24) is 10.2 Å². The van der Waals surface area contributed by atoms with Crippen molar-refractivity contribution in [2.24, 2.45) is 0 Å². The fourth-order valence-corrected chi connectivity index (χ4v) is 1.97. The highest BCUT2D eigenvalue weighted by Crippen LogP contribution is 2.21. The standard InChI is InChI=1S/C14H23FN2O/c1-14(2,16-3)10-17(4)9-11-8-12(15)6-7-13(11)18-5/h6-8,16H,9-10H2,1-5H3. The molecule has 0 aromatic heterocycles. The van der Waals surface area contributed by atoms with Gasteiger partial charge in [0.05, 0.1) is 7.11 Å². The van der Waals surface area contributed by atoms with Crippen LogP contribution in [0.3, 0.4) is 0 Å². The van der Waals surface area contributed by atoms with Crippen molar-refractivity contribution in [3.05, 3.63) is 29.6 Å². The molecule has 1 N–H and O–H groups in total. The molecule has 1 rings (SSSR count). The molecule has 0 radical (unpaired) electrons. The number of hydrogen-bond donors (Lipinski definition) is 1. The Morgan fingerprint density at radius 3 is 2.61 bits per heavy atom. The molecule has 0 heterocycles. The maximum absolute atomic E-state index is 13.3. The molecule has 3 nitrogen and oxygen atoms in total. The minimum Gasteiger partial charge on any atom is -0.496 e. The van der Waals surface area contributed by atoms with Gasteiger partial charge in [0.15, 0.2) is 0 Å². The minimum absolute atomic E-state index is 0.0231. The molecule has 0 fully saturated rings. The van der Waals surface area contributed by atoms with Gasteiger partial charge in [0.25, 0.3) is 0 Å². The van der Waals surface area contributed by atoms with E-state index in [1.165, 1.54) is 12.1 Å². The number of benzene rings is 1. The first kappa shape index (κ1) is 14.9. The predicted molar refractivity (Wildman–Crippen MR) is 72.4 cm³/mol. The Balaban J connectivity index is 2.75. The van der Waals surface area contributed by atoms with E-state index >= 15 is 0 Å². The summed E-state index contributed by atoms with van der Waals surface area (Å²) in [5.74, 6) is 0.498. The van der Waals surface area contributed by atoms with Crippen LogP contribution in [0.1, 0.15) is 19.4 Å². The van der Waals surface area contributed by atoms with E-state index in [-0.39, 0.29) is 11.4 Å². The van der Waals surface area contributed by atoms with E-state index in [1.807, 2.05) is 14.1 Å².